The average molecular weight is 265 g/mol. The highest BCUT2D eigenvalue weighted by molar-refractivity contribution is 7.98. The lowest BCUT2D eigenvalue weighted by atomic mass is 10.0. The standard InChI is InChI=1S/C17H15NS/c1-2-4-13(5-3-1)14-6-7-17-15(10-14)11-16-12-19-9-8-18(16)17/h1-7,10-11H,8-9,12H2. The zero-order chi connectivity index (χ0) is 12.7. The van der Waals surface area contributed by atoms with Crippen molar-refractivity contribution in [2.45, 2.75) is 12.3 Å². The Hall–Kier alpha value is -1.67. The third kappa shape index (κ3) is 1.87. The second-order valence-corrected chi connectivity index (χ2v) is 6.08. The van der Waals surface area contributed by atoms with Gasteiger partial charge in [-0.15, -0.1) is 0 Å². The molecule has 2 heteroatoms. The molecule has 1 aromatic heterocycles. The zero-order valence-electron chi connectivity index (χ0n) is 10.7. The molecule has 0 atom stereocenters. The zero-order valence-corrected chi connectivity index (χ0v) is 11.5. The summed E-state index contributed by atoms with van der Waals surface area (Å²) in [5.74, 6) is 2.38. The molecule has 2 heterocycles. The Bertz CT molecular complexity index is 728. The van der Waals surface area contributed by atoms with Gasteiger partial charge in [-0.3, -0.25) is 0 Å². The van der Waals surface area contributed by atoms with Crippen molar-refractivity contribution in [1.82, 2.24) is 4.57 Å². The van der Waals surface area contributed by atoms with Crippen LogP contribution in [-0.2, 0) is 12.3 Å². The van der Waals surface area contributed by atoms with Gasteiger partial charge in [-0.1, -0.05) is 36.4 Å². The summed E-state index contributed by atoms with van der Waals surface area (Å²) in [6, 6.07) is 19.8. The van der Waals surface area contributed by atoms with Crippen LogP contribution in [0.2, 0.25) is 0 Å². The number of hydrogen-bond donors (Lipinski definition) is 0. The van der Waals surface area contributed by atoms with Gasteiger partial charge in [0.05, 0.1) is 0 Å². The molecule has 1 aliphatic heterocycles. The third-order valence-corrected chi connectivity index (χ3v) is 4.77. The van der Waals surface area contributed by atoms with Crippen molar-refractivity contribution < 1.29 is 0 Å². The quantitative estimate of drug-likeness (QED) is 0.624. The first-order valence-corrected chi connectivity index (χ1v) is 7.83. The predicted molar refractivity (Wildman–Crippen MR) is 83.5 cm³/mol. The summed E-state index contributed by atoms with van der Waals surface area (Å²) < 4.78 is 2.47. The fraction of sp³-hybridized carbons (Fsp3) is 0.176. The van der Waals surface area contributed by atoms with E-state index in [2.05, 4.69) is 59.2 Å². The summed E-state index contributed by atoms with van der Waals surface area (Å²) in [6.07, 6.45) is 0. The maximum atomic E-state index is 2.47. The van der Waals surface area contributed by atoms with E-state index in [1.807, 2.05) is 11.8 Å². The van der Waals surface area contributed by atoms with Gasteiger partial charge in [-0.2, -0.15) is 11.8 Å². The van der Waals surface area contributed by atoms with Crippen LogP contribution in [0.25, 0.3) is 22.0 Å². The number of fused-ring (bicyclic) bond motifs is 3. The van der Waals surface area contributed by atoms with E-state index in [4.69, 9.17) is 0 Å². The Labute approximate surface area is 117 Å². The van der Waals surface area contributed by atoms with Crippen LogP contribution in [0, 0.1) is 0 Å². The van der Waals surface area contributed by atoms with Crippen molar-refractivity contribution in [3.8, 4) is 11.1 Å². The fourth-order valence-electron chi connectivity index (χ4n) is 2.85. The highest BCUT2D eigenvalue weighted by Crippen LogP contribution is 2.30. The average Bonchev–Trinajstić information content (AvgIpc) is 2.86. The third-order valence-electron chi connectivity index (χ3n) is 3.80. The molecule has 0 N–H and O–H groups in total. The van der Waals surface area contributed by atoms with Crippen molar-refractivity contribution in [2.24, 2.45) is 0 Å². The molecule has 4 rings (SSSR count). The first-order chi connectivity index (χ1) is 9.42. The lowest BCUT2D eigenvalue weighted by Crippen LogP contribution is -2.09. The van der Waals surface area contributed by atoms with Crippen LogP contribution in [0.15, 0.2) is 54.6 Å². The van der Waals surface area contributed by atoms with E-state index in [0.717, 1.165) is 12.3 Å². The van der Waals surface area contributed by atoms with Gasteiger partial charge >= 0.3 is 0 Å². The van der Waals surface area contributed by atoms with Crippen molar-refractivity contribution in [1.29, 1.82) is 0 Å². The number of thioether (sulfide) groups is 1. The smallest absolute Gasteiger partial charge is 0.0483 e. The predicted octanol–water partition coefficient (Wildman–Crippen LogP) is 4.56. The first kappa shape index (κ1) is 11.2. The molecule has 0 fully saturated rings. The monoisotopic (exact) mass is 265 g/mol. The first-order valence-electron chi connectivity index (χ1n) is 6.67. The molecule has 0 saturated carbocycles. The van der Waals surface area contributed by atoms with Crippen molar-refractivity contribution in [3.05, 3.63) is 60.3 Å². The maximum Gasteiger partial charge on any atom is 0.0483 e. The molecule has 1 aliphatic rings. The van der Waals surface area contributed by atoms with E-state index in [1.54, 1.807) is 0 Å². The van der Waals surface area contributed by atoms with Gasteiger partial charge in [0.15, 0.2) is 0 Å². The number of aryl methyl sites for hydroxylation is 1. The summed E-state index contributed by atoms with van der Waals surface area (Å²) in [5.41, 5.74) is 5.46. The molecule has 0 bridgehead atoms. The second kappa shape index (κ2) is 4.46. The Morgan fingerprint density at radius 2 is 1.79 bits per heavy atom. The van der Waals surface area contributed by atoms with E-state index in [0.29, 0.717) is 0 Å². The SMILES string of the molecule is c1ccc(-c2ccc3c(c2)cc2n3CCSC2)cc1. The fourth-order valence-corrected chi connectivity index (χ4v) is 3.76. The Morgan fingerprint density at radius 3 is 2.68 bits per heavy atom. The highest BCUT2D eigenvalue weighted by Gasteiger charge is 2.13. The lowest BCUT2D eigenvalue weighted by molar-refractivity contribution is 0.758. The summed E-state index contributed by atoms with van der Waals surface area (Å²) >= 11 is 2.03. The van der Waals surface area contributed by atoms with E-state index >= 15 is 0 Å². The van der Waals surface area contributed by atoms with Crippen molar-refractivity contribution >= 4 is 22.7 Å². The number of nitrogens with zero attached hydrogens (tertiary/aromatic N) is 1. The summed E-state index contributed by atoms with van der Waals surface area (Å²) in [5, 5.41) is 1.37. The molecule has 0 radical (unpaired) electrons. The molecule has 0 saturated heterocycles. The van der Waals surface area contributed by atoms with Crippen LogP contribution < -0.4 is 0 Å². The summed E-state index contributed by atoms with van der Waals surface area (Å²) in [4.78, 5) is 0. The normalized spacial score (nSPS) is 14.5. The highest BCUT2D eigenvalue weighted by atomic mass is 32.2. The van der Waals surface area contributed by atoms with Gasteiger partial charge in [0, 0.05) is 34.6 Å². The molecule has 0 aliphatic carbocycles. The Balaban J connectivity index is 1.88. The number of aromatic nitrogens is 1. The molecule has 19 heavy (non-hydrogen) atoms. The van der Waals surface area contributed by atoms with Crippen LogP contribution in [0.3, 0.4) is 0 Å². The Morgan fingerprint density at radius 1 is 0.895 bits per heavy atom. The lowest BCUT2D eigenvalue weighted by Gasteiger charge is -2.15. The van der Waals surface area contributed by atoms with Crippen LogP contribution in [0.4, 0.5) is 0 Å². The molecular weight excluding hydrogens is 250 g/mol. The molecule has 94 valence electrons. The van der Waals surface area contributed by atoms with Crippen LogP contribution >= 0.6 is 11.8 Å². The summed E-state index contributed by atoms with van der Waals surface area (Å²) in [7, 11) is 0. The Kier molecular flexibility index (Phi) is 2.63. The second-order valence-electron chi connectivity index (χ2n) is 4.98. The van der Waals surface area contributed by atoms with Crippen LogP contribution in [0.5, 0.6) is 0 Å². The van der Waals surface area contributed by atoms with Gasteiger partial charge in [-0.25, -0.2) is 0 Å². The molecule has 2 aromatic carbocycles. The van der Waals surface area contributed by atoms with Gasteiger partial charge < -0.3 is 4.57 Å². The van der Waals surface area contributed by atoms with E-state index in [1.165, 1.54) is 33.5 Å². The van der Waals surface area contributed by atoms with Gasteiger partial charge in [0.1, 0.15) is 0 Å². The maximum absolute atomic E-state index is 2.47. The minimum absolute atomic E-state index is 1.15. The molecule has 0 amide bonds. The van der Waals surface area contributed by atoms with Gasteiger partial charge in [0.25, 0.3) is 0 Å². The van der Waals surface area contributed by atoms with E-state index in [-0.39, 0.29) is 0 Å². The minimum Gasteiger partial charge on any atom is -0.343 e. The van der Waals surface area contributed by atoms with E-state index < -0.39 is 0 Å². The molecule has 0 unspecified atom stereocenters. The van der Waals surface area contributed by atoms with Crippen molar-refractivity contribution in [2.75, 3.05) is 5.75 Å². The van der Waals surface area contributed by atoms with Gasteiger partial charge in [-0.05, 0) is 29.3 Å². The topological polar surface area (TPSA) is 4.93 Å². The number of rotatable bonds is 1. The van der Waals surface area contributed by atoms with E-state index in [9.17, 15) is 0 Å². The van der Waals surface area contributed by atoms with Crippen molar-refractivity contribution in [3.63, 3.8) is 0 Å². The molecule has 1 nitrogen and oxygen atoms in total. The molecule has 3 aromatic rings. The van der Waals surface area contributed by atoms with Gasteiger partial charge in [0.2, 0.25) is 0 Å². The largest absolute Gasteiger partial charge is 0.343 e. The molecule has 0 spiro atoms. The summed E-state index contributed by atoms with van der Waals surface area (Å²) in [6.45, 7) is 1.15. The number of hydrogen-bond acceptors (Lipinski definition) is 1. The van der Waals surface area contributed by atoms with Crippen LogP contribution in [0.1, 0.15) is 5.69 Å². The number of benzene rings is 2. The van der Waals surface area contributed by atoms with Crippen LogP contribution in [-0.4, -0.2) is 10.3 Å². The minimum atomic E-state index is 1.15. The molecular formula is C17H15NS.